The number of benzene rings is 3. The number of thiazole rings is 1. The van der Waals surface area contributed by atoms with E-state index >= 15 is 0 Å². The first-order chi connectivity index (χ1) is 13.6. The molecule has 148 valence electrons. The highest BCUT2D eigenvalue weighted by Gasteiger charge is 2.11. The summed E-state index contributed by atoms with van der Waals surface area (Å²) >= 11 is 8.72. The third-order valence-electron chi connectivity index (χ3n) is 4.19. The van der Waals surface area contributed by atoms with E-state index in [-0.39, 0.29) is 17.0 Å². The average Bonchev–Trinajstić information content (AvgIpc) is 3.11. The minimum Gasteiger partial charge on any atom is -0.497 e. The van der Waals surface area contributed by atoms with Crippen molar-refractivity contribution in [3.8, 4) is 22.7 Å². The highest BCUT2D eigenvalue weighted by Crippen LogP contribution is 2.27. The number of nitrogens with zero attached hydrogens (tertiary/aromatic N) is 2. The smallest absolute Gasteiger partial charge is 0.195 e. The van der Waals surface area contributed by atoms with Gasteiger partial charge in [-0.25, -0.2) is 4.99 Å². The van der Waals surface area contributed by atoms with Crippen LogP contribution >= 0.6 is 60.2 Å². The van der Waals surface area contributed by atoms with E-state index in [4.69, 9.17) is 9.73 Å². The molecule has 0 spiro atoms. The van der Waals surface area contributed by atoms with Gasteiger partial charge in [-0.05, 0) is 66.2 Å². The van der Waals surface area contributed by atoms with Gasteiger partial charge in [0.1, 0.15) is 5.75 Å². The zero-order chi connectivity index (χ0) is 19.5. The van der Waals surface area contributed by atoms with Crippen LogP contribution < -0.4 is 9.54 Å². The predicted molar refractivity (Wildman–Crippen MR) is 133 cm³/mol. The van der Waals surface area contributed by atoms with Gasteiger partial charge in [0.25, 0.3) is 0 Å². The van der Waals surface area contributed by atoms with Crippen molar-refractivity contribution in [2.75, 3.05) is 7.11 Å². The lowest BCUT2D eigenvalue weighted by Crippen LogP contribution is -2.13. The molecular formula is C22H17Br3N2OS. The Balaban J connectivity index is 0.00000240. The standard InChI is InChI=1S/C22H16Br2N2OS.BrH/c1-27-20-10-8-15(9-11-20)21-14-28-22(25-18-6-2-4-16(23)12-18)26(21)19-7-3-5-17(24)13-19;/h2-14H,1H3;1H. The number of ether oxygens (including phenoxy) is 1. The summed E-state index contributed by atoms with van der Waals surface area (Å²) < 4.78 is 9.51. The molecule has 0 unspecified atom stereocenters. The third kappa shape index (κ3) is 5.09. The summed E-state index contributed by atoms with van der Waals surface area (Å²) in [5.41, 5.74) is 4.14. The Hall–Kier alpha value is -1.67. The van der Waals surface area contributed by atoms with Gasteiger partial charge in [-0.1, -0.05) is 44.0 Å². The number of rotatable bonds is 4. The van der Waals surface area contributed by atoms with E-state index in [1.54, 1.807) is 18.4 Å². The number of methoxy groups -OCH3 is 1. The van der Waals surface area contributed by atoms with Crippen LogP contribution in [0.1, 0.15) is 0 Å². The van der Waals surface area contributed by atoms with E-state index in [9.17, 15) is 0 Å². The Morgan fingerprint density at radius 1 is 0.897 bits per heavy atom. The first-order valence-corrected chi connectivity index (χ1v) is 11.0. The van der Waals surface area contributed by atoms with Crippen molar-refractivity contribution in [1.29, 1.82) is 0 Å². The maximum absolute atomic E-state index is 5.30. The zero-order valence-electron chi connectivity index (χ0n) is 15.4. The maximum atomic E-state index is 5.30. The molecule has 1 heterocycles. The quantitative estimate of drug-likeness (QED) is 0.239. The van der Waals surface area contributed by atoms with Crippen LogP contribution in [0.3, 0.4) is 0 Å². The van der Waals surface area contributed by atoms with Gasteiger partial charge >= 0.3 is 0 Å². The molecule has 0 bridgehead atoms. The maximum Gasteiger partial charge on any atom is 0.195 e. The first kappa shape index (κ1) is 22.0. The average molecular weight is 597 g/mol. The Morgan fingerprint density at radius 2 is 1.59 bits per heavy atom. The Kier molecular flexibility index (Phi) is 7.51. The lowest BCUT2D eigenvalue weighted by Gasteiger charge is -2.10. The largest absolute Gasteiger partial charge is 0.497 e. The fourth-order valence-electron chi connectivity index (χ4n) is 2.87. The van der Waals surface area contributed by atoms with Gasteiger partial charge < -0.3 is 4.74 Å². The molecule has 0 aliphatic rings. The molecule has 0 amide bonds. The molecule has 0 radical (unpaired) electrons. The van der Waals surface area contributed by atoms with Crippen LogP contribution in [-0.4, -0.2) is 11.7 Å². The molecule has 0 atom stereocenters. The van der Waals surface area contributed by atoms with E-state index in [0.717, 1.165) is 42.1 Å². The van der Waals surface area contributed by atoms with Crippen LogP contribution in [0.5, 0.6) is 5.75 Å². The first-order valence-electron chi connectivity index (χ1n) is 8.55. The minimum absolute atomic E-state index is 0. The fourth-order valence-corrected chi connectivity index (χ4v) is 4.57. The van der Waals surface area contributed by atoms with E-state index in [0.29, 0.717) is 0 Å². The second kappa shape index (κ2) is 9.89. The summed E-state index contributed by atoms with van der Waals surface area (Å²) in [6.07, 6.45) is 0. The molecule has 1 aromatic heterocycles. The molecule has 0 saturated carbocycles. The fraction of sp³-hybridized carbons (Fsp3) is 0.0455. The van der Waals surface area contributed by atoms with Crippen LogP contribution in [0, 0.1) is 0 Å². The van der Waals surface area contributed by atoms with Gasteiger partial charge in [0.2, 0.25) is 0 Å². The molecule has 0 aliphatic heterocycles. The van der Waals surface area contributed by atoms with E-state index in [1.165, 1.54) is 0 Å². The Labute approximate surface area is 200 Å². The van der Waals surface area contributed by atoms with Gasteiger partial charge in [0.15, 0.2) is 4.80 Å². The number of hydrogen-bond acceptors (Lipinski definition) is 3. The lowest BCUT2D eigenvalue weighted by molar-refractivity contribution is 0.415. The van der Waals surface area contributed by atoms with Gasteiger partial charge in [0.05, 0.1) is 18.5 Å². The SMILES string of the molecule is Br.COc1ccc(-c2csc(=Nc3cccc(Br)c3)n2-c2cccc(Br)c2)cc1. The van der Waals surface area contributed by atoms with E-state index < -0.39 is 0 Å². The van der Waals surface area contributed by atoms with Gasteiger partial charge in [-0.2, -0.15) is 0 Å². The van der Waals surface area contributed by atoms with Crippen molar-refractivity contribution >= 4 is 65.9 Å². The van der Waals surface area contributed by atoms with Crippen molar-refractivity contribution in [3.63, 3.8) is 0 Å². The van der Waals surface area contributed by atoms with Crippen LogP contribution in [-0.2, 0) is 0 Å². The molecular weight excluding hydrogens is 580 g/mol. The van der Waals surface area contributed by atoms with Crippen molar-refractivity contribution in [1.82, 2.24) is 4.57 Å². The van der Waals surface area contributed by atoms with Crippen LogP contribution in [0.25, 0.3) is 16.9 Å². The molecule has 7 heteroatoms. The van der Waals surface area contributed by atoms with Crippen molar-refractivity contribution in [2.45, 2.75) is 0 Å². The molecule has 4 rings (SSSR count). The monoisotopic (exact) mass is 594 g/mol. The molecule has 0 N–H and O–H groups in total. The minimum atomic E-state index is 0. The number of aromatic nitrogens is 1. The van der Waals surface area contributed by atoms with Crippen LogP contribution in [0.4, 0.5) is 5.69 Å². The zero-order valence-corrected chi connectivity index (χ0v) is 21.1. The van der Waals surface area contributed by atoms with Gasteiger partial charge in [-0.3, -0.25) is 4.57 Å². The van der Waals surface area contributed by atoms with Gasteiger partial charge in [0, 0.05) is 20.0 Å². The van der Waals surface area contributed by atoms with Crippen LogP contribution in [0.15, 0.2) is 92.1 Å². The summed E-state index contributed by atoms with van der Waals surface area (Å²) in [4.78, 5) is 5.80. The molecule has 0 aliphatic carbocycles. The highest BCUT2D eigenvalue weighted by molar-refractivity contribution is 9.10. The summed E-state index contributed by atoms with van der Waals surface area (Å²) in [7, 11) is 1.68. The molecule has 3 aromatic carbocycles. The number of hydrogen-bond donors (Lipinski definition) is 0. The highest BCUT2D eigenvalue weighted by atomic mass is 79.9. The van der Waals surface area contributed by atoms with Crippen LogP contribution in [0.2, 0.25) is 0 Å². The molecule has 29 heavy (non-hydrogen) atoms. The van der Waals surface area contributed by atoms with Crippen molar-refractivity contribution in [3.05, 3.63) is 91.9 Å². The molecule has 0 fully saturated rings. The lowest BCUT2D eigenvalue weighted by atomic mass is 10.1. The van der Waals surface area contributed by atoms with Crippen molar-refractivity contribution in [2.24, 2.45) is 4.99 Å². The Morgan fingerprint density at radius 3 is 2.24 bits per heavy atom. The summed E-state index contributed by atoms with van der Waals surface area (Å²) in [5, 5.41) is 2.14. The van der Waals surface area contributed by atoms with Gasteiger partial charge in [-0.15, -0.1) is 28.3 Å². The van der Waals surface area contributed by atoms with E-state index in [1.807, 2.05) is 48.5 Å². The number of halogens is 3. The summed E-state index contributed by atoms with van der Waals surface area (Å²) in [6, 6.07) is 24.3. The molecule has 0 saturated heterocycles. The molecule has 4 aromatic rings. The third-order valence-corrected chi connectivity index (χ3v) is 6.01. The topological polar surface area (TPSA) is 26.5 Å². The Bertz CT molecular complexity index is 1180. The normalized spacial score (nSPS) is 11.2. The summed E-state index contributed by atoms with van der Waals surface area (Å²) in [6.45, 7) is 0. The van der Waals surface area contributed by atoms with Crippen molar-refractivity contribution < 1.29 is 4.74 Å². The second-order valence-corrected chi connectivity index (χ2v) is 8.71. The summed E-state index contributed by atoms with van der Waals surface area (Å²) in [5.74, 6) is 0.840. The predicted octanol–water partition coefficient (Wildman–Crippen LogP) is 7.55. The molecule has 3 nitrogen and oxygen atoms in total. The second-order valence-electron chi connectivity index (χ2n) is 6.04. The van der Waals surface area contributed by atoms with E-state index in [2.05, 4.69) is 66.1 Å².